The Labute approximate surface area is 151 Å². The molecule has 1 aliphatic rings. The first kappa shape index (κ1) is 18.5. The molecule has 1 heterocycles. The van der Waals surface area contributed by atoms with Gasteiger partial charge in [0.1, 0.15) is 11.0 Å². The van der Waals surface area contributed by atoms with Gasteiger partial charge in [-0.2, -0.15) is 5.10 Å². The van der Waals surface area contributed by atoms with Crippen LogP contribution in [0.1, 0.15) is 25.3 Å². The van der Waals surface area contributed by atoms with Crippen LogP contribution in [0, 0.1) is 0 Å². The molecule has 1 atom stereocenters. The second-order valence-corrected chi connectivity index (χ2v) is 6.98. The van der Waals surface area contributed by atoms with E-state index in [1.54, 1.807) is 0 Å². The number of hydrogen-bond acceptors (Lipinski definition) is 6. The Hall–Kier alpha value is -1.87. The maximum Gasteiger partial charge on any atom is 0.305 e. The van der Waals surface area contributed by atoms with Crippen molar-refractivity contribution in [2.75, 3.05) is 6.61 Å². The first-order valence-corrected chi connectivity index (χ1v) is 8.89. The molecule has 0 spiro atoms. The van der Waals surface area contributed by atoms with Crippen LogP contribution < -0.4 is 10.1 Å². The van der Waals surface area contributed by atoms with E-state index in [1.807, 2.05) is 25.1 Å². The Bertz CT molecular complexity index is 693. The number of rotatable bonds is 7. The molecular formula is C15H16BrN3O4S. The summed E-state index contributed by atoms with van der Waals surface area (Å²) in [5, 5.41) is 18.8. The third-order valence-electron chi connectivity index (χ3n) is 2.92. The molecule has 0 saturated carbocycles. The van der Waals surface area contributed by atoms with Crippen molar-refractivity contribution < 1.29 is 19.4 Å². The fourth-order valence-electron chi connectivity index (χ4n) is 1.85. The Balaban J connectivity index is 2.07. The van der Waals surface area contributed by atoms with Crippen molar-refractivity contribution in [1.82, 2.24) is 5.32 Å². The average Bonchev–Trinajstić information content (AvgIpc) is 2.86. The van der Waals surface area contributed by atoms with Gasteiger partial charge in [-0.15, -0.1) is 5.10 Å². The zero-order valence-corrected chi connectivity index (χ0v) is 15.3. The molecule has 1 amide bonds. The molecule has 2 N–H and O–H groups in total. The number of carbonyl (C=O) groups is 2. The highest BCUT2D eigenvalue weighted by molar-refractivity contribution is 9.10. The van der Waals surface area contributed by atoms with Crippen LogP contribution in [0.3, 0.4) is 0 Å². The summed E-state index contributed by atoms with van der Waals surface area (Å²) in [4.78, 5) is 22.3. The van der Waals surface area contributed by atoms with Crippen molar-refractivity contribution in [2.45, 2.75) is 25.0 Å². The van der Waals surface area contributed by atoms with Crippen LogP contribution in [-0.4, -0.2) is 40.2 Å². The Morgan fingerprint density at radius 1 is 1.54 bits per heavy atom. The molecule has 7 nitrogen and oxygen atoms in total. The van der Waals surface area contributed by atoms with E-state index in [4.69, 9.17) is 9.84 Å². The second-order valence-electron chi connectivity index (χ2n) is 4.87. The van der Waals surface area contributed by atoms with E-state index in [-0.39, 0.29) is 17.5 Å². The number of carbonyl (C=O) groups excluding carboxylic acids is 1. The van der Waals surface area contributed by atoms with Crippen molar-refractivity contribution in [3.63, 3.8) is 0 Å². The van der Waals surface area contributed by atoms with Gasteiger partial charge in [0.05, 0.1) is 19.2 Å². The zero-order chi connectivity index (χ0) is 17.5. The number of amides is 1. The molecule has 0 aromatic heterocycles. The number of hydrogen-bond donors (Lipinski definition) is 2. The highest BCUT2D eigenvalue weighted by atomic mass is 79.9. The number of aliphatic carboxylic acids is 1. The molecule has 0 radical (unpaired) electrons. The van der Waals surface area contributed by atoms with Crippen molar-refractivity contribution in [1.29, 1.82) is 0 Å². The number of amidine groups is 1. The summed E-state index contributed by atoms with van der Waals surface area (Å²) in [5.74, 6) is -0.708. The van der Waals surface area contributed by atoms with Gasteiger partial charge >= 0.3 is 5.97 Å². The van der Waals surface area contributed by atoms with Crippen molar-refractivity contribution in [2.24, 2.45) is 10.2 Å². The fourth-order valence-corrected chi connectivity index (χ4v) is 3.15. The highest BCUT2D eigenvalue weighted by Gasteiger charge is 2.32. The minimum absolute atomic E-state index is 0.250. The predicted molar refractivity (Wildman–Crippen MR) is 96.7 cm³/mol. The van der Waals surface area contributed by atoms with Crippen LogP contribution >= 0.6 is 27.7 Å². The predicted octanol–water partition coefficient (Wildman–Crippen LogP) is 2.63. The third kappa shape index (κ3) is 5.34. The first-order chi connectivity index (χ1) is 11.5. The van der Waals surface area contributed by atoms with Gasteiger partial charge in [0.2, 0.25) is 5.91 Å². The van der Waals surface area contributed by atoms with Crippen LogP contribution in [0.5, 0.6) is 5.75 Å². The van der Waals surface area contributed by atoms with E-state index in [0.717, 1.165) is 28.2 Å². The minimum Gasteiger partial charge on any atom is -0.493 e. The number of nitrogens with one attached hydrogen (secondary N) is 1. The molecule has 1 saturated heterocycles. The Morgan fingerprint density at radius 3 is 3.04 bits per heavy atom. The topological polar surface area (TPSA) is 100 Å². The van der Waals surface area contributed by atoms with E-state index in [0.29, 0.717) is 12.4 Å². The standard InChI is InChI=1S/C15H16BrN3O4S/c1-2-5-23-11-4-3-10(16)6-9(11)8-17-19-15-18-14(22)12(24-15)7-13(20)21/h3-4,6,8,12H,2,5,7H2,1H3,(H,20,21)(H,18,19,22). The summed E-state index contributed by atoms with van der Waals surface area (Å²) in [6, 6.07) is 5.56. The summed E-state index contributed by atoms with van der Waals surface area (Å²) in [6.07, 6.45) is 2.17. The van der Waals surface area contributed by atoms with Gasteiger partial charge in [0.25, 0.3) is 0 Å². The van der Waals surface area contributed by atoms with E-state index < -0.39 is 11.2 Å². The number of ether oxygens (including phenoxy) is 1. The lowest BCUT2D eigenvalue weighted by Crippen LogP contribution is -2.26. The lowest BCUT2D eigenvalue weighted by Gasteiger charge is -2.07. The molecule has 0 aliphatic carbocycles. The van der Waals surface area contributed by atoms with Crippen LogP contribution in [0.25, 0.3) is 0 Å². The van der Waals surface area contributed by atoms with Crippen LogP contribution in [-0.2, 0) is 9.59 Å². The fraction of sp³-hybridized carbons (Fsp3) is 0.333. The molecule has 1 aromatic rings. The first-order valence-electron chi connectivity index (χ1n) is 7.22. The van der Waals surface area contributed by atoms with E-state index >= 15 is 0 Å². The summed E-state index contributed by atoms with van der Waals surface area (Å²) in [5.41, 5.74) is 0.749. The molecule has 2 rings (SSSR count). The molecule has 1 fully saturated rings. The van der Waals surface area contributed by atoms with Gasteiger partial charge in [-0.05, 0) is 24.6 Å². The summed E-state index contributed by atoms with van der Waals surface area (Å²) < 4.78 is 6.52. The van der Waals surface area contributed by atoms with Crippen molar-refractivity contribution >= 4 is 51.0 Å². The molecule has 24 heavy (non-hydrogen) atoms. The van der Waals surface area contributed by atoms with Gasteiger partial charge in [-0.1, -0.05) is 34.6 Å². The van der Waals surface area contributed by atoms with Gasteiger partial charge in [0, 0.05) is 10.0 Å². The van der Waals surface area contributed by atoms with Crippen LogP contribution in [0.15, 0.2) is 32.9 Å². The lowest BCUT2D eigenvalue weighted by molar-refractivity contribution is -0.138. The number of benzene rings is 1. The maximum absolute atomic E-state index is 11.6. The SMILES string of the molecule is CCCOc1ccc(Br)cc1C=NN=C1NC(=O)C(CC(=O)O)S1. The maximum atomic E-state index is 11.6. The number of halogens is 1. The summed E-state index contributed by atoms with van der Waals surface area (Å²) in [7, 11) is 0. The van der Waals surface area contributed by atoms with Gasteiger partial charge < -0.3 is 15.2 Å². The molecule has 1 aromatic carbocycles. The smallest absolute Gasteiger partial charge is 0.305 e. The lowest BCUT2D eigenvalue weighted by atomic mass is 10.2. The molecule has 128 valence electrons. The summed E-state index contributed by atoms with van der Waals surface area (Å²) >= 11 is 4.45. The van der Waals surface area contributed by atoms with Crippen LogP contribution in [0.2, 0.25) is 0 Å². The van der Waals surface area contributed by atoms with Crippen molar-refractivity contribution in [3.8, 4) is 5.75 Å². The number of carboxylic acids is 1. The average molecular weight is 414 g/mol. The Kier molecular flexibility index (Phi) is 6.80. The van der Waals surface area contributed by atoms with E-state index in [2.05, 4.69) is 31.4 Å². The number of carboxylic acid groups (broad SMARTS) is 1. The number of nitrogens with zero attached hydrogens (tertiary/aromatic N) is 2. The van der Waals surface area contributed by atoms with Crippen LogP contribution in [0.4, 0.5) is 0 Å². The molecule has 1 unspecified atom stereocenters. The molecule has 0 bridgehead atoms. The molecule has 9 heteroatoms. The van der Waals surface area contributed by atoms with Gasteiger partial charge in [0.15, 0.2) is 5.17 Å². The number of thioether (sulfide) groups is 1. The van der Waals surface area contributed by atoms with E-state index in [9.17, 15) is 9.59 Å². The van der Waals surface area contributed by atoms with Gasteiger partial charge in [-0.25, -0.2) is 0 Å². The largest absolute Gasteiger partial charge is 0.493 e. The second kappa shape index (κ2) is 8.84. The Morgan fingerprint density at radius 2 is 2.33 bits per heavy atom. The highest BCUT2D eigenvalue weighted by Crippen LogP contribution is 2.23. The minimum atomic E-state index is -1.03. The summed E-state index contributed by atoms with van der Waals surface area (Å²) in [6.45, 7) is 2.62. The van der Waals surface area contributed by atoms with E-state index in [1.165, 1.54) is 6.21 Å². The molecule has 1 aliphatic heterocycles. The van der Waals surface area contributed by atoms with Gasteiger partial charge in [-0.3, -0.25) is 9.59 Å². The monoisotopic (exact) mass is 413 g/mol. The van der Waals surface area contributed by atoms with Crippen molar-refractivity contribution in [3.05, 3.63) is 28.2 Å². The normalized spacial score (nSPS) is 19.0. The third-order valence-corrected chi connectivity index (χ3v) is 4.48. The quantitative estimate of drug-likeness (QED) is 0.528. The molecular weight excluding hydrogens is 398 g/mol. The zero-order valence-electron chi connectivity index (χ0n) is 12.9.